The van der Waals surface area contributed by atoms with Gasteiger partial charge in [0.05, 0.1) is 22.8 Å². The molecule has 37 heavy (non-hydrogen) atoms. The lowest BCUT2D eigenvalue weighted by Crippen LogP contribution is -2.28. The van der Waals surface area contributed by atoms with Crippen molar-refractivity contribution in [3.8, 4) is 5.69 Å². The molecule has 0 saturated carbocycles. The van der Waals surface area contributed by atoms with Crippen LogP contribution in [0.1, 0.15) is 41.2 Å². The van der Waals surface area contributed by atoms with Gasteiger partial charge in [0.2, 0.25) is 0 Å². The minimum Gasteiger partial charge on any atom is -0.462 e. The number of carbonyl (C=O) groups excluding carboxylic acids is 2. The zero-order valence-corrected chi connectivity index (χ0v) is 22.9. The monoisotopic (exact) mass is 516 g/mol. The number of amides is 1. The molecule has 0 atom stereocenters. The smallest absolute Gasteiger partial charge is 0.338 e. The van der Waals surface area contributed by atoms with Crippen molar-refractivity contribution >= 4 is 46.3 Å². The first-order valence-electron chi connectivity index (χ1n) is 12.3. The third-order valence-corrected chi connectivity index (χ3v) is 7.17. The third kappa shape index (κ3) is 5.49. The van der Waals surface area contributed by atoms with Crippen LogP contribution in [-0.2, 0) is 9.53 Å². The van der Waals surface area contributed by atoms with Gasteiger partial charge in [-0.3, -0.25) is 9.69 Å². The maximum atomic E-state index is 13.2. The Hall–Kier alpha value is -3.78. The van der Waals surface area contributed by atoms with Gasteiger partial charge in [-0.15, -0.1) is 0 Å². The van der Waals surface area contributed by atoms with Crippen LogP contribution in [0.4, 0.5) is 11.4 Å². The molecule has 3 aromatic rings. The Kier molecular flexibility index (Phi) is 7.88. The molecular formula is C29H32N4O3S. The van der Waals surface area contributed by atoms with E-state index in [4.69, 9.17) is 9.73 Å². The number of aliphatic imine (C=N–C) groups is 1. The molecular weight excluding hydrogens is 484 g/mol. The molecule has 0 spiro atoms. The Morgan fingerprint density at radius 2 is 1.81 bits per heavy atom. The quantitative estimate of drug-likeness (QED) is 0.286. The van der Waals surface area contributed by atoms with Gasteiger partial charge in [0.1, 0.15) is 0 Å². The maximum Gasteiger partial charge on any atom is 0.338 e. The average Bonchev–Trinajstić information content (AvgIpc) is 3.33. The van der Waals surface area contributed by atoms with Crippen molar-refractivity contribution in [2.75, 3.05) is 32.1 Å². The molecule has 7 nitrogen and oxygen atoms in total. The van der Waals surface area contributed by atoms with Crippen molar-refractivity contribution in [1.82, 2.24) is 9.47 Å². The molecule has 8 heteroatoms. The van der Waals surface area contributed by atoms with Crippen molar-refractivity contribution in [3.05, 3.63) is 82.0 Å². The number of likely N-dealkylation sites (N-methyl/N-ethyl adjacent to an activating group) is 1. The Labute approximate surface area is 222 Å². The number of esters is 1. The molecule has 1 aliphatic rings. The Balaban J connectivity index is 1.65. The van der Waals surface area contributed by atoms with Crippen LogP contribution in [0.25, 0.3) is 11.8 Å². The molecule has 2 heterocycles. The number of nitrogens with zero attached hydrogens (tertiary/aromatic N) is 4. The second kappa shape index (κ2) is 11.1. The van der Waals surface area contributed by atoms with E-state index in [0.29, 0.717) is 28.8 Å². The van der Waals surface area contributed by atoms with E-state index in [2.05, 4.69) is 10.6 Å². The number of anilines is 1. The summed E-state index contributed by atoms with van der Waals surface area (Å²) in [5.41, 5.74) is 6.20. The number of hydrogen-bond donors (Lipinski definition) is 0. The van der Waals surface area contributed by atoms with Gasteiger partial charge in [-0.25, -0.2) is 9.79 Å². The lowest BCUT2D eigenvalue weighted by molar-refractivity contribution is -0.122. The number of carbonyl (C=O) groups is 2. The molecule has 1 aliphatic heterocycles. The van der Waals surface area contributed by atoms with Gasteiger partial charge in [0, 0.05) is 43.4 Å². The van der Waals surface area contributed by atoms with Crippen LogP contribution in [0.5, 0.6) is 0 Å². The summed E-state index contributed by atoms with van der Waals surface area (Å²) in [6.07, 6.45) is 1.93. The van der Waals surface area contributed by atoms with Crippen molar-refractivity contribution in [2.24, 2.45) is 4.99 Å². The minimum atomic E-state index is -0.343. The topological polar surface area (TPSA) is 67.1 Å². The van der Waals surface area contributed by atoms with Gasteiger partial charge in [-0.2, -0.15) is 0 Å². The van der Waals surface area contributed by atoms with Gasteiger partial charge < -0.3 is 14.2 Å². The number of aryl methyl sites for hydroxylation is 1. The first-order chi connectivity index (χ1) is 17.7. The summed E-state index contributed by atoms with van der Waals surface area (Å²) >= 11 is 1.39. The highest BCUT2D eigenvalue weighted by molar-refractivity contribution is 8.18. The fourth-order valence-electron chi connectivity index (χ4n) is 4.26. The Morgan fingerprint density at radius 1 is 1.08 bits per heavy atom. The fourth-order valence-corrected chi connectivity index (χ4v) is 5.32. The summed E-state index contributed by atoms with van der Waals surface area (Å²) in [4.78, 5) is 34.6. The summed E-state index contributed by atoms with van der Waals surface area (Å²) in [5.74, 6) is -0.393. The summed E-state index contributed by atoms with van der Waals surface area (Å²) < 4.78 is 7.24. The van der Waals surface area contributed by atoms with Gasteiger partial charge in [0.15, 0.2) is 5.17 Å². The molecule has 1 fully saturated rings. The van der Waals surface area contributed by atoms with Gasteiger partial charge >= 0.3 is 5.97 Å². The molecule has 0 bridgehead atoms. The molecule has 0 unspecified atom stereocenters. The predicted octanol–water partition coefficient (Wildman–Crippen LogP) is 5.96. The van der Waals surface area contributed by atoms with Crippen molar-refractivity contribution in [1.29, 1.82) is 0 Å². The zero-order chi connectivity index (χ0) is 26.7. The molecule has 2 aromatic carbocycles. The molecule has 0 N–H and O–H groups in total. The van der Waals surface area contributed by atoms with E-state index in [1.165, 1.54) is 11.8 Å². The normalized spacial score (nSPS) is 15.6. The highest BCUT2D eigenvalue weighted by Gasteiger charge is 2.32. The number of amidine groups is 1. The highest BCUT2D eigenvalue weighted by Crippen LogP contribution is 2.35. The molecule has 192 valence electrons. The molecule has 1 saturated heterocycles. The standard InChI is InChI=1S/C29H32N4O3S/c1-7-32-27(34)26(37-29(32)30-23-12-14-24(15-13-23)31(5)6)18-22-16-19(3)33(20(22)4)25-11-9-10-21(17-25)28(35)36-8-2/h9-18H,7-8H2,1-6H3/b26-18-,30-29?. The van der Waals surface area contributed by atoms with Crippen molar-refractivity contribution < 1.29 is 14.3 Å². The van der Waals surface area contributed by atoms with Gasteiger partial charge in [-0.1, -0.05) is 6.07 Å². The molecule has 1 aromatic heterocycles. The molecule has 0 aliphatic carbocycles. The predicted molar refractivity (Wildman–Crippen MR) is 152 cm³/mol. The summed E-state index contributed by atoms with van der Waals surface area (Å²) in [5, 5.41) is 0.673. The number of benzene rings is 2. The van der Waals surface area contributed by atoms with Crippen LogP contribution in [0.15, 0.2) is 64.5 Å². The zero-order valence-electron chi connectivity index (χ0n) is 22.1. The number of thioether (sulfide) groups is 1. The van der Waals surface area contributed by atoms with Gasteiger partial charge in [0.25, 0.3) is 5.91 Å². The highest BCUT2D eigenvalue weighted by atomic mass is 32.2. The largest absolute Gasteiger partial charge is 0.462 e. The Bertz CT molecular complexity index is 1390. The van der Waals surface area contributed by atoms with Crippen LogP contribution in [0.3, 0.4) is 0 Å². The van der Waals surface area contributed by atoms with E-state index in [1.807, 2.05) is 88.3 Å². The average molecular weight is 517 g/mol. The first kappa shape index (κ1) is 26.3. The van der Waals surface area contributed by atoms with Crippen LogP contribution in [0.2, 0.25) is 0 Å². The fraction of sp³-hybridized carbons (Fsp3) is 0.276. The summed E-state index contributed by atoms with van der Waals surface area (Å²) in [6, 6.07) is 17.4. The van der Waals surface area contributed by atoms with E-state index in [1.54, 1.807) is 17.9 Å². The number of aromatic nitrogens is 1. The van der Waals surface area contributed by atoms with Crippen LogP contribution >= 0.6 is 11.8 Å². The summed E-state index contributed by atoms with van der Waals surface area (Å²) in [6.45, 7) is 8.64. The van der Waals surface area contributed by atoms with Crippen LogP contribution < -0.4 is 4.90 Å². The minimum absolute atomic E-state index is 0.0507. The molecule has 0 radical (unpaired) electrons. The van der Waals surface area contributed by atoms with E-state index in [9.17, 15) is 9.59 Å². The van der Waals surface area contributed by atoms with Crippen molar-refractivity contribution in [3.63, 3.8) is 0 Å². The van der Waals surface area contributed by atoms with Crippen LogP contribution in [-0.4, -0.2) is 53.8 Å². The summed E-state index contributed by atoms with van der Waals surface area (Å²) in [7, 11) is 3.99. The lowest BCUT2D eigenvalue weighted by atomic mass is 10.2. The second-order valence-electron chi connectivity index (χ2n) is 8.90. The number of ether oxygens (including phenoxy) is 1. The van der Waals surface area contributed by atoms with Crippen LogP contribution in [0, 0.1) is 13.8 Å². The van der Waals surface area contributed by atoms with E-state index < -0.39 is 0 Å². The Morgan fingerprint density at radius 3 is 2.46 bits per heavy atom. The second-order valence-corrected chi connectivity index (χ2v) is 9.91. The van der Waals surface area contributed by atoms with Gasteiger partial charge in [-0.05, 0) is 99.6 Å². The number of hydrogen-bond acceptors (Lipinski definition) is 6. The third-order valence-electron chi connectivity index (χ3n) is 6.17. The van der Waals surface area contributed by atoms with E-state index >= 15 is 0 Å². The van der Waals surface area contributed by atoms with Crippen molar-refractivity contribution in [2.45, 2.75) is 27.7 Å². The molecule has 1 amide bonds. The lowest BCUT2D eigenvalue weighted by Gasteiger charge is -2.13. The number of rotatable bonds is 7. The first-order valence-corrected chi connectivity index (χ1v) is 13.1. The van der Waals surface area contributed by atoms with E-state index in [0.717, 1.165) is 34.0 Å². The van der Waals surface area contributed by atoms with E-state index in [-0.39, 0.29) is 11.9 Å². The SMILES string of the molecule is CCOC(=O)c1cccc(-n2c(C)cc(/C=C3\SC(=Nc4ccc(N(C)C)cc4)N(CC)C3=O)c2C)c1. The molecule has 4 rings (SSSR count). The maximum absolute atomic E-state index is 13.2.